The van der Waals surface area contributed by atoms with Gasteiger partial charge in [-0.15, -0.1) is 0 Å². The summed E-state index contributed by atoms with van der Waals surface area (Å²) in [6.45, 7) is 3.36. The second-order valence-electron chi connectivity index (χ2n) is 4.05. The van der Waals surface area contributed by atoms with Crippen LogP contribution in [-0.4, -0.2) is 71.9 Å². The molecule has 112 valence electrons. The zero-order chi connectivity index (χ0) is 14.4. The summed E-state index contributed by atoms with van der Waals surface area (Å²) in [4.78, 5) is 11.4. The Morgan fingerprint density at radius 1 is 1.26 bits per heavy atom. The molecule has 1 amide bonds. The number of amides is 1. The Hall–Kier alpha value is -0.930. The van der Waals surface area contributed by atoms with Crippen molar-refractivity contribution in [3.05, 3.63) is 0 Å². The lowest BCUT2D eigenvalue weighted by molar-refractivity contribution is -0.268. The van der Waals surface area contributed by atoms with Crippen molar-refractivity contribution in [1.82, 2.24) is 5.32 Å². The maximum atomic E-state index is 11.4. The number of hydrogen-bond acceptors (Lipinski definition) is 7. The lowest BCUT2D eigenvalue weighted by Crippen LogP contribution is -2.64. The Kier molecular flexibility index (Phi) is 6.46. The average Bonchev–Trinajstić information content (AvgIpc) is 2.38. The minimum atomic E-state index is -1.33. The highest BCUT2D eigenvalue weighted by Crippen LogP contribution is 2.22. The van der Waals surface area contributed by atoms with E-state index in [9.17, 15) is 15.0 Å². The summed E-state index contributed by atoms with van der Waals surface area (Å²) >= 11 is 0. The van der Waals surface area contributed by atoms with Crippen LogP contribution in [0.25, 0.3) is 0 Å². The van der Waals surface area contributed by atoms with Crippen LogP contribution >= 0.6 is 0 Å². The van der Waals surface area contributed by atoms with Gasteiger partial charge in [-0.25, -0.2) is 4.79 Å². The third-order valence-electron chi connectivity index (χ3n) is 2.77. The number of rotatable bonds is 5. The first-order chi connectivity index (χ1) is 9.04. The van der Waals surface area contributed by atoms with Crippen LogP contribution in [0, 0.1) is 0 Å². The Bertz CT molecular complexity index is 288. The molecular formula is C11H21NO7. The van der Waals surface area contributed by atoms with Gasteiger partial charge in [-0.2, -0.15) is 0 Å². The fourth-order valence-corrected chi connectivity index (χ4v) is 1.85. The molecule has 1 rings (SSSR count). The predicted molar refractivity (Wildman–Crippen MR) is 63.3 cm³/mol. The normalized spacial score (nSPS) is 34.9. The predicted octanol–water partition coefficient (Wildman–Crippen LogP) is -1.42. The van der Waals surface area contributed by atoms with Crippen molar-refractivity contribution in [3.63, 3.8) is 0 Å². The Morgan fingerprint density at radius 3 is 2.47 bits per heavy atom. The minimum absolute atomic E-state index is 0.177. The molecule has 8 heteroatoms. The monoisotopic (exact) mass is 279 g/mol. The van der Waals surface area contributed by atoms with Crippen molar-refractivity contribution in [2.75, 3.05) is 19.8 Å². The van der Waals surface area contributed by atoms with Crippen molar-refractivity contribution in [3.8, 4) is 0 Å². The van der Waals surface area contributed by atoms with Gasteiger partial charge < -0.3 is 34.8 Å². The molecule has 1 aliphatic heterocycles. The van der Waals surface area contributed by atoms with E-state index in [1.807, 2.05) is 0 Å². The van der Waals surface area contributed by atoms with Crippen LogP contribution in [-0.2, 0) is 14.2 Å². The molecule has 1 fully saturated rings. The first kappa shape index (κ1) is 16.1. The molecular weight excluding hydrogens is 258 g/mol. The number of carbonyl (C=O) groups excluding carboxylic acids is 1. The van der Waals surface area contributed by atoms with Crippen LogP contribution < -0.4 is 5.32 Å². The van der Waals surface area contributed by atoms with Gasteiger partial charge >= 0.3 is 6.09 Å². The van der Waals surface area contributed by atoms with Gasteiger partial charge in [0.2, 0.25) is 0 Å². The highest BCUT2D eigenvalue weighted by Gasteiger charge is 2.45. The van der Waals surface area contributed by atoms with Crippen molar-refractivity contribution in [1.29, 1.82) is 0 Å². The quantitative estimate of drug-likeness (QED) is 0.487. The van der Waals surface area contributed by atoms with Gasteiger partial charge in [0.1, 0.15) is 24.4 Å². The maximum absolute atomic E-state index is 11.4. The molecule has 4 N–H and O–H groups in total. The number of aliphatic hydroxyl groups excluding tert-OH is 3. The van der Waals surface area contributed by atoms with Gasteiger partial charge in [-0.05, 0) is 13.8 Å². The molecule has 0 aromatic carbocycles. The first-order valence-corrected chi connectivity index (χ1v) is 6.22. The fraction of sp³-hybridized carbons (Fsp3) is 0.909. The van der Waals surface area contributed by atoms with Gasteiger partial charge in [-0.1, -0.05) is 0 Å². The zero-order valence-electron chi connectivity index (χ0n) is 11.0. The van der Waals surface area contributed by atoms with E-state index < -0.39 is 43.3 Å². The van der Waals surface area contributed by atoms with E-state index in [1.165, 1.54) is 0 Å². The third kappa shape index (κ3) is 4.02. The van der Waals surface area contributed by atoms with Crippen LogP contribution in [0.3, 0.4) is 0 Å². The summed E-state index contributed by atoms with van der Waals surface area (Å²) in [6, 6.07) is -0.975. The van der Waals surface area contributed by atoms with Crippen LogP contribution in [0.4, 0.5) is 4.79 Å². The number of ether oxygens (including phenoxy) is 3. The number of aliphatic hydroxyl groups is 3. The molecule has 0 spiro atoms. The Labute approximate surface area is 111 Å². The van der Waals surface area contributed by atoms with Gasteiger partial charge in [0, 0.05) is 6.61 Å². The Morgan fingerprint density at radius 2 is 1.95 bits per heavy atom. The molecule has 0 saturated carbocycles. The van der Waals surface area contributed by atoms with Gasteiger partial charge in [0.25, 0.3) is 0 Å². The van der Waals surface area contributed by atoms with Crippen molar-refractivity contribution < 1.29 is 34.3 Å². The van der Waals surface area contributed by atoms with E-state index in [4.69, 9.17) is 19.3 Å². The van der Waals surface area contributed by atoms with E-state index in [1.54, 1.807) is 13.8 Å². The molecule has 8 nitrogen and oxygen atoms in total. The first-order valence-electron chi connectivity index (χ1n) is 6.22. The topological polar surface area (TPSA) is 117 Å². The van der Waals surface area contributed by atoms with Crippen molar-refractivity contribution >= 4 is 6.09 Å². The molecule has 0 unspecified atom stereocenters. The highest BCUT2D eigenvalue weighted by atomic mass is 16.7. The van der Waals surface area contributed by atoms with E-state index in [2.05, 4.69) is 5.32 Å². The lowest BCUT2D eigenvalue weighted by Gasteiger charge is -2.41. The number of nitrogens with one attached hydrogen (secondary N) is 1. The lowest BCUT2D eigenvalue weighted by atomic mass is 9.97. The summed E-state index contributed by atoms with van der Waals surface area (Å²) in [7, 11) is 0. The molecule has 1 heterocycles. The highest BCUT2D eigenvalue weighted by molar-refractivity contribution is 5.67. The van der Waals surface area contributed by atoms with Crippen LogP contribution in [0.15, 0.2) is 0 Å². The second kappa shape index (κ2) is 7.61. The molecule has 5 atom stereocenters. The van der Waals surface area contributed by atoms with Gasteiger partial charge in [-0.3, -0.25) is 0 Å². The fourth-order valence-electron chi connectivity index (χ4n) is 1.85. The van der Waals surface area contributed by atoms with E-state index in [0.29, 0.717) is 0 Å². The Balaban J connectivity index is 2.75. The third-order valence-corrected chi connectivity index (χ3v) is 2.77. The number of alkyl carbamates (subject to hydrolysis) is 1. The zero-order valence-corrected chi connectivity index (χ0v) is 11.0. The summed E-state index contributed by atoms with van der Waals surface area (Å²) in [5.41, 5.74) is 0. The van der Waals surface area contributed by atoms with Crippen LogP contribution in [0.2, 0.25) is 0 Å². The maximum Gasteiger partial charge on any atom is 0.407 e. The summed E-state index contributed by atoms with van der Waals surface area (Å²) in [5.74, 6) is 0. The number of carbonyl (C=O) groups is 1. The minimum Gasteiger partial charge on any atom is -0.450 e. The van der Waals surface area contributed by atoms with E-state index in [0.717, 1.165) is 0 Å². The molecule has 0 aliphatic carbocycles. The van der Waals surface area contributed by atoms with Gasteiger partial charge in [0.15, 0.2) is 6.29 Å². The van der Waals surface area contributed by atoms with Crippen molar-refractivity contribution in [2.24, 2.45) is 0 Å². The standard InChI is InChI=1S/C11H21NO7/c1-3-17-10-7(12-11(16)18-4-2)9(15)8(14)6(5-13)19-10/h6-10,13-15H,3-5H2,1-2H3,(H,12,16)/t6-,7-,8+,9-,10-/m0/s1. The molecule has 19 heavy (non-hydrogen) atoms. The summed E-state index contributed by atoms with van der Waals surface area (Å²) < 4.78 is 15.3. The second-order valence-corrected chi connectivity index (χ2v) is 4.05. The van der Waals surface area contributed by atoms with Crippen molar-refractivity contribution in [2.45, 2.75) is 44.5 Å². The number of hydrogen-bond donors (Lipinski definition) is 4. The summed E-state index contributed by atoms with van der Waals surface area (Å²) in [6.07, 6.45) is -5.33. The SMILES string of the molecule is CCOC(=O)N[C@@H]1[C@@H](OCC)O[C@@H](CO)[C@@H](O)[C@H]1O. The van der Waals surface area contributed by atoms with E-state index in [-0.39, 0.29) is 13.2 Å². The largest absolute Gasteiger partial charge is 0.450 e. The molecule has 0 radical (unpaired) electrons. The molecule has 1 saturated heterocycles. The summed E-state index contributed by atoms with van der Waals surface area (Å²) in [5, 5.41) is 31.1. The smallest absolute Gasteiger partial charge is 0.407 e. The average molecular weight is 279 g/mol. The molecule has 0 aromatic rings. The van der Waals surface area contributed by atoms with Crippen LogP contribution in [0.5, 0.6) is 0 Å². The molecule has 0 aromatic heterocycles. The van der Waals surface area contributed by atoms with Gasteiger partial charge in [0.05, 0.1) is 13.2 Å². The molecule has 0 bridgehead atoms. The van der Waals surface area contributed by atoms with Crippen LogP contribution in [0.1, 0.15) is 13.8 Å². The van der Waals surface area contributed by atoms with E-state index >= 15 is 0 Å². The molecule has 1 aliphatic rings.